The molecular formula is C29H28FN5O3. The fourth-order valence-corrected chi connectivity index (χ4v) is 3.68. The van der Waals surface area contributed by atoms with Crippen LogP contribution in [0.3, 0.4) is 0 Å². The lowest BCUT2D eigenvalue weighted by Crippen LogP contribution is -2.46. The zero-order valence-electron chi connectivity index (χ0n) is 21.6. The first kappa shape index (κ1) is 27.6. The van der Waals surface area contributed by atoms with Gasteiger partial charge in [-0.25, -0.2) is 14.2 Å². The van der Waals surface area contributed by atoms with Crippen LogP contribution in [0.5, 0.6) is 0 Å². The summed E-state index contributed by atoms with van der Waals surface area (Å²) in [5, 5.41) is 15.1. The van der Waals surface area contributed by atoms with E-state index in [0.29, 0.717) is 28.9 Å². The first-order valence-electron chi connectivity index (χ1n) is 11.7. The molecule has 0 aliphatic heterocycles. The molecule has 0 aliphatic rings. The summed E-state index contributed by atoms with van der Waals surface area (Å²) in [5.41, 5.74) is 3.87. The largest absolute Gasteiger partial charge is 0.461 e. The van der Waals surface area contributed by atoms with E-state index in [1.54, 1.807) is 43.4 Å². The number of allylic oxidation sites excluding steroid dienone is 4. The summed E-state index contributed by atoms with van der Waals surface area (Å²) in [6, 6.07) is 10.5. The topological polar surface area (TPSA) is 111 Å². The number of furan rings is 1. The van der Waals surface area contributed by atoms with Gasteiger partial charge in [0, 0.05) is 11.1 Å². The second-order valence-corrected chi connectivity index (χ2v) is 8.43. The number of halogens is 1. The van der Waals surface area contributed by atoms with Crippen LogP contribution in [0.15, 0.2) is 81.9 Å². The maximum absolute atomic E-state index is 13.9. The van der Waals surface area contributed by atoms with Crippen LogP contribution in [-0.2, 0) is 11.3 Å². The van der Waals surface area contributed by atoms with E-state index in [1.807, 2.05) is 26.8 Å². The number of nitrogens with zero attached hydrogens (tertiary/aromatic N) is 3. The zero-order chi connectivity index (χ0) is 27.8. The Balaban J connectivity index is 1.99. The Bertz CT molecular complexity index is 1520. The molecule has 2 N–H and O–H groups in total. The van der Waals surface area contributed by atoms with Crippen LogP contribution in [0.25, 0.3) is 11.0 Å². The van der Waals surface area contributed by atoms with E-state index >= 15 is 0 Å². The number of aryl methyl sites for hydroxylation is 2. The fraction of sp³-hybridized carbons (Fsp3) is 0.172. The Morgan fingerprint density at radius 1 is 1.26 bits per heavy atom. The second-order valence-electron chi connectivity index (χ2n) is 8.43. The van der Waals surface area contributed by atoms with Crippen molar-refractivity contribution in [1.82, 2.24) is 15.5 Å². The molecule has 3 amide bonds. The fourth-order valence-electron chi connectivity index (χ4n) is 3.68. The minimum absolute atomic E-state index is 0.00914. The van der Waals surface area contributed by atoms with Gasteiger partial charge < -0.3 is 4.42 Å². The van der Waals surface area contributed by atoms with Crippen LogP contribution in [0.1, 0.15) is 36.3 Å². The Kier molecular flexibility index (Phi) is 8.95. The van der Waals surface area contributed by atoms with Gasteiger partial charge in [0.05, 0.1) is 17.8 Å². The number of carbonyl (C=O) groups excluding carboxylic acids is 2. The van der Waals surface area contributed by atoms with E-state index in [4.69, 9.17) is 4.42 Å². The van der Waals surface area contributed by atoms with Crippen molar-refractivity contribution < 1.29 is 18.4 Å². The van der Waals surface area contributed by atoms with E-state index in [-0.39, 0.29) is 18.1 Å². The van der Waals surface area contributed by atoms with Crippen molar-refractivity contribution in [2.45, 2.75) is 34.2 Å². The summed E-state index contributed by atoms with van der Waals surface area (Å²) in [4.78, 5) is 30.6. The lowest BCUT2D eigenvalue weighted by atomic mass is 10.1. The van der Waals surface area contributed by atoms with Crippen molar-refractivity contribution in [3.8, 4) is 6.07 Å². The summed E-state index contributed by atoms with van der Waals surface area (Å²) in [6.45, 7) is 11.2. The average molecular weight is 514 g/mol. The number of benzene rings is 2. The third kappa shape index (κ3) is 6.42. The SMILES string of the molecule is C=C/C(C)=C\C(=C/C)N(Cc1ccc(F)c(C#N)c1)C(=O)NC(=Nc1ccc2oc(C)c(C)c2c1)NC=O. The van der Waals surface area contributed by atoms with E-state index in [9.17, 15) is 19.2 Å². The van der Waals surface area contributed by atoms with Crippen LogP contribution >= 0.6 is 0 Å². The molecule has 194 valence electrons. The van der Waals surface area contributed by atoms with Gasteiger partial charge in [-0.3, -0.25) is 20.3 Å². The van der Waals surface area contributed by atoms with Crippen LogP contribution < -0.4 is 10.6 Å². The first-order valence-corrected chi connectivity index (χ1v) is 11.7. The molecular weight excluding hydrogens is 485 g/mol. The zero-order valence-corrected chi connectivity index (χ0v) is 21.6. The molecule has 0 radical (unpaired) electrons. The van der Waals surface area contributed by atoms with Gasteiger partial charge in [-0.15, -0.1) is 0 Å². The van der Waals surface area contributed by atoms with Gasteiger partial charge in [-0.2, -0.15) is 5.26 Å². The summed E-state index contributed by atoms with van der Waals surface area (Å²) in [5.74, 6) is 0.0489. The van der Waals surface area contributed by atoms with Crippen molar-refractivity contribution in [2.24, 2.45) is 4.99 Å². The van der Waals surface area contributed by atoms with Crippen molar-refractivity contribution in [3.05, 3.63) is 101 Å². The number of hydrogen-bond acceptors (Lipinski definition) is 5. The number of urea groups is 1. The molecule has 1 heterocycles. The highest BCUT2D eigenvalue weighted by molar-refractivity contribution is 6.02. The number of guanidine groups is 1. The van der Waals surface area contributed by atoms with Crippen LogP contribution in [0, 0.1) is 31.0 Å². The molecule has 0 atom stereocenters. The normalized spacial score (nSPS) is 12.2. The molecule has 0 spiro atoms. The minimum Gasteiger partial charge on any atom is -0.461 e. The quantitative estimate of drug-likeness (QED) is 0.174. The first-order chi connectivity index (χ1) is 18.2. The number of nitrogens with one attached hydrogen (secondary N) is 2. The summed E-state index contributed by atoms with van der Waals surface area (Å²) >= 11 is 0. The Morgan fingerprint density at radius 2 is 2.03 bits per heavy atom. The van der Waals surface area contributed by atoms with Crippen LogP contribution in [-0.4, -0.2) is 23.3 Å². The van der Waals surface area contributed by atoms with Crippen molar-refractivity contribution in [1.29, 1.82) is 5.26 Å². The molecule has 38 heavy (non-hydrogen) atoms. The second kappa shape index (κ2) is 12.3. The highest BCUT2D eigenvalue weighted by Crippen LogP contribution is 2.28. The van der Waals surface area contributed by atoms with Gasteiger partial charge in [-0.05, 0) is 80.8 Å². The Hall–Kier alpha value is -4.97. The molecule has 9 heteroatoms. The number of amides is 3. The minimum atomic E-state index is -0.648. The van der Waals surface area contributed by atoms with Crippen LogP contribution in [0.2, 0.25) is 0 Å². The van der Waals surface area contributed by atoms with E-state index < -0.39 is 11.8 Å². The third-order valence-corrected chi connectivity index (χ3v) is 5.86. The van der Waals surface area contributed by atoms with Gasteiger partial charge in [0.25, 0.3) is 0 Å². The van der Waals surface area contributed by atoms with Crippen molar-refractivity contribution in [3.63, 3.8) is 0 Å². The molecule has 0 fully saturated rings. The molecule has 0 bridgehead atoms. The highest BCUT2D eigenvalue weighted by atomic mass is 19.1. The standard InChI is InChI=1S/C29H28FN5O3/c1-6-18(3)12-24(7-2)35(16-21-8-10-26(30)22(13-21)15-31)29(37)34-28(32-17-36)33-23-9-11-27-25(14-23)19(4)20(5)38-27/h6-14,17H,1,16H2,2-5H3,(H2,32,33,34,36,37)/b18-12-,24-7+. The summed E-state index contributed by atoms with van der Waals surface area (Å²) < 4.78 is 19.6. The molecule has 3 aromatic rings. The maximum Gasteiger partial charge on any atom is 0.328 e. The molecule has 0 aliphatic carbocycles. The van der Waals surface area contributed by atoms with E-state index in [0.717, 1.165) is 22.3 Å². The van der Waals surface area contributed by atoms with Gasteiger partial charge in [0.15, 0.2) is 0 Å². The lowest BCUT2D eigenvalue weighted by Gasteiger charge is -2.25. The molecule has 2 aromatic carbocycles. The summed E-state index contributed by atoms with van der Waals surface area (Å²) in [7, 11) is 0. The predicted molar refractivity (Wildman–Crippen MR) is 145 cm³/mol. The van der Waals surface area contributed by atoms with Gasteiger partial charge in [-0.1, -0.05) is 24.8 Å². The lowest BCUT2D eigenvalue weighted by molar-refractivity contribution is -0.108. The molecule has 0 saturated carbocycles. The smallest absolute Gasteiger partial charge is 0.328 e. The van der Waals surface area contributed by atoms with Crippen molar-refractivity contribution >= 4 is 35.1 Å². The molecule has 1 aromatic heterocycles. The number of fused-ring (bicyclic) bond motifs is 1. The average Bonchev–Trinajstić information content (AvgIpc) is 3.19. The Morgan fingerprint density at radius 3 is 2.68 bits per heavy atom. The highest BCUT2D eigenvalue weighted by Gasteiger charge is 2.20. The molecule has 0 saturated heterocycles. The summed E-state index contributed by atoms with van der Waals surface area (Å²) in [6.07, 6.45) is 5.53. The van der Waals surface area contributed by atoms with Gasteiger partial charge in [0.1, 0.15) is 23.2 Å². The Labute approximate surface area is 220 Å². The van der Waals surface area contributed by atoms with E-state index in [2.05, 4.69) is 22.2 Å². The van der Waals surface area contributed by atoms with Crippen LogP contribution in [0.4, 0.5) is 14.9 Å². The monoisotopic (exact) mass is 513 g/mol. The number of aliphatic imine (C=N–C) groups is 1. The van der Waals surface area contributed by atoms with Crippen molar-refractivity contribution in [2.75, 3.05) is 0 Å². The number of nitriles is 1. The van der Waals surface area contributed by atoms with Gasteiger partial charge >= 0.3 is 6.03 Å². The third-order valence-electron chi connectivity index (χ3n) is 5.86. The predicted octanol–water partition coefficient (Wildman–Crippen LogP) is 6.04. The maximum atomic E-state index is 13.9. The van der Waals surface area contributed by atoms with E-state index in [1.165, 1.54) is 23.1 Å². The number of carbonyl (C=O) groups is 2. The molecule has 0 unspecified atom stereocenters. The van der Waals surface area contributed by atoms with Gasteiger partial charge in [0.2, 0.25) is 12.4 Å². The molecule has 8 nitrogen and oxygen atoms in total. The number of hydrogen-bond donors (Lipinski definition) is 2. The number of rotatable bonds is 7. The molecule has 3 rings (SSSR count).